The second-order valence-corrected chi connectivity index (χ2v) is 7.54. The zero-order chi connectivity index (χ0) is 18.8. The number of unbranched alkanes of at least 4 members (excludes halogenated alkanes) is 1. The molecular formula is C20H28N2O4. The van der Waals surface area contributed by atoms with Gasteiger partial charge in [0.2, 0.25) is 5.91 Å². The van der Waals surface area contributed by atoms with Crippen molar-refractivity contribution in [3.63, 3.8) is 0 Å². The lowest BCUT2D eigenvalue weighted by Crippen LogP contribution is -2.58. The van der Waals surface area contributed by atoms with Gasteiger partial charge in [-0.15, -0.1) is 0 Å². The van der Waals surface area contributed by atoms with Gasteiger partial charge < -0.3 is 14.2 Å². The van der Waals surface area contributed by atoms with Gasteiger partial charge in [-0.3, -0.25) is 9.59 Å². The summed E-state index contributed by atoms with van der Waals surface area (Å²) in [6, 6.07) is 1.34. The number of hydrogen-bond acceptors (Lipinski definition) is 4. The number of hydrogen-bond donors (Lipinski definition) is 0. The van der Waals surface area contributed by atoms with E-state index in [0.717, 1.165) is 32.1 Å². The molecule has 1 aromatic rings. The molecule has 6 heteroatoms. The van der Waals surface area contributed by atoms with Crippen LogP contribution in [0.2, 0.25) is 0 Å². The highest BCUT2D eigenvalue weighted by Crippen LogP contribution is 2.36. The molecule has 0 N–H and O–H groups in total. The summed E-state index contributed by atoms with van der Waals surface area (Å²) in [4.78, 5) is 41.5. The van der Waals surface area contributed by atoms with Crippen molar-refractivity contribution in [1.29, 1.82) is 0 Å². The molecule has 0 aromatic carbocycles. The Kier molecular flexibility index (Phi) is 5.49. The van der Waals surface area contributed by atoms with E-state index in [-0.39, 0.29) is 17.4 Å². The normalized spacial score (nSPS) is 21.0. The fourth-order valence-electron chi connectivity index (χ4n) is 3.76. The van der Waals surface area contributed by atoms with E-state index in [1.54, 1.807) is 23.8 Å². The van der Waals surface area contributed by atoms with Gasteiger partial charge in [0.05, 0.1) is 0 Å². The minimum Gasteiger partial charge on any atom is -0.427 e. The van der Waals surface area contributed by atoms with Crippen molar-refractivity contribution in [2.24, 2.45) is 0 Å². The van der Waals surface area contributed by atoms with Crippen LogP contribution in [0.1, 0.15) is 73.0 Å². The van der Waals surface area contributed by atoms with E-state index in [1.807, 2.05) is 6.07 Å². The molecule has 0 spiro atoms. The summed E-state index contributed by atoms with van der Waals surface area (Å²) in [7, 11) is 1.76. The van der Waals surface area contributed by atoms with Crippen LogP contribution in [0.3, 0.4) is 0 Å². The largest absolute Gasteiger partial charge is 0.427 e. The van der Waals surface area contributed by atoms with E-state index in [0.29, 0.717) is 36.8 Å². The van der Waals surface area contributed by atoms with E-state index >= 15 is 0 Å². The number of likely N-dealkylation sites (N-methyl/N-ethyl adjacent to an activating group) is 1. The maximum Gasteiger partial charge on any atom is 0.349 e. The lowest BCUT2D eigenvalue weighted by molar-refractivity contribution is -0.138. The molecule has 142 valence electrons. The van der Waals surface area contributed by atoms with Gasteiger partial charge in [-0.2, -0.15) is 0 Å². The molecule has 1 aromatic heterocycles. The van der Waals surface area contributed by atoms with Gasteiger partial charge in [0.1, 0.15) is 17.4 Å². The molecule has 1 saturated heterocycles. The van der Waals surface area contributed by atoms with Crippen LogP contribution in [0, 0.1) is 6.92 Å². The quantitative estimate of drug-likeness (QED) is 0.809. The Labute approximate surface area is 154 Å². The van der Waals surface area contributed by atoms with Crippen LogP contribution in [0.15, 0.2) is 15.3 Å². The van der Waals surface area contributed by atoms with Crippen LogP contribution in [0.25, 0.3) is 0 Å². The lowest BCUT2D eigenvalue weighted by Gasteiger charge is -2.39. The van der Waals surface area contributed by atoms with Gasteiger partial charge in [-0.05, 0) is 37.8 Å². The minimum atomic E-state index is -0.572. The number of nitrogens with zero attached hydrogens (tertiary/aromatic N) is 2. The van der Waals surface area contributed by atoms with Crippen molar-refractivity contribution in [2.45, 2.75) is 64.3 Å². The van der Waals surface area contributed by atoms with E-state index in [2.05, 4.69) is 6.92 Å². The second-order valence-electron chi connectivity index (χ2n) is 7.54. The maximum atomic E-state index is 13.1. The molecule has 2 aliphatic rings. The van der Waals surface area contributed by atoms with Crippen LogP contribution < -0.4 is 5.63 Å². The predicted octanol–water partition coefficient (Wildman–Crippen LogP) is 2.69. The molecule has 3 rings (SSSR count). The Bertz CT molecular complexity index is 751. The van der Waals surface area contributed by atoms with Crippen LogP contribution in [0.5, 0.6) is 0 Å². The highest BCUT2D eigenvalue weighted by molar-refractivity contribution is 5.98. The van der Waals surface area contributed by atoms with E-state index in [9.17, 15) is 14.4 Å². The molecule has 2 amide bonds. The molecule has 6 nitrogen and oxygen atoms in total. The molecule has 1 saturated carbocycles. The van der Waals surface area contributed by atoms with Gasteiger partial charge in [-0.1, -0.05) is 26.2 Å². The number of aryl methyl sites for hydroxylation is 1. The Morgan fingerprint density at radius 1 is 1.27 bits per heavy atom. The fourth-order valence-corrected chi connectivity index (χ4v) is 3.76. The van der Waals surface area contributed by atoms with Crippen molar-refractivity contribution in [3.8, 4) is 0 Å². The van der Waals surface area contributed by atoms with Gasteiger partial charge in [-0.25, -0.2) is 4.79 Å². The van der Waals surface area contributed by atoms with E-state index < -0.39 is 11.7 Å². The predicted molar refractivity (Wildman–Crippen MR) is 98.3 cm³/mol. The zero-order valence-electron chi connectivity index (χ0n) is 15.9. The van der Waals surface area contributed by atoms with Gasteiger partial charge in [0.25, 0.3) is 5.91 Å². The summed E-state index contributed by atoms with van der Waals surface area (Å²) in [5, 5.41) is 0. The number of carbonyl (C=O) groups is 2. The third-order valence-corrected chi connectivity index (χ3v) is 5.69. The maximum absolute atomic E-state index is 13.1. The SMILES string of the molecule is CCCCC1C(=O)N(C)CCN1C(=O)c1c(C)cc(C2CCC2)oc1=O. The molecule has 2 fully saturated rings. The second kappa shape index (κ2) is 7.64. The third kappa shape index (κ3) is 3.41. The summed E-state index contributed by atoms with van der Waals surface area (Å²) >= 11 is 0. The summed E-state index contributed by atoms with van der Waals surface area (Å²) in [6.07, 6.45) is 5.64. The molecular weight excluding hydrogens is 332 g/mol. The van der Waals surface area contributed by atoms with Gasteiger partial charge >= 0.3 is 5.63 Å². The third-order valence-electron chi connectivity index (χ3n) is 5.69. The first kappa shape index (κ1) is 18.7. The monoisotopic (exact) mass is 360 g/mol. The summed E-state index contributed by atoms with van der Waals surface area (Å²) in [6.45, 7) is 4.77. The van der Waals surface area contributed by atoms with Crippen molar-refractivity contribution in [2.75, 3.05) is 20.1 Å². The fraction of sp³-hybridized carbons (Fsp3) is 0.650. The van der Waals surface area contributed by atoms with Gasteiger partial charge in [0, 0.05) is 26.1 Å². The molecule has 2 heterocycles. The first-order valence-corrected chi connectivity index (χ1v) is 9.64. The Morgan fingerprint density at radius 3 is 2.58 bits per heavy atom. The van der Waals surface area contributed by atoms with Crippen molar-refractivity contribution >= 4 is 11.8 Å². The highest BCUT2D eigenvalue weighted by atomic mass is 16.4. The molecule has 1 unspecified atom stereocenters. The zero-order valence-corrected chi connectivity index (χ0v) is 15.9. The van der Waals surface area contributed by atoms with E-state index in [4.69, 9.17) is 4.42 Å². The molecule has 0 bridgehead atoms. The van der Waals surface area contributed by atoms with Crippen molar-refractivity contribution in [1.82, 2.24) is 9.80 Å². The standard InChI is InChI=1S/C20H28N2O4/c1-4-5-9-15-18(23)21(3)10-11-22(15)19(24)17-13(2)12-16(26-20(17)25)14-7-6-8-14/h12,14-15H,4-11H2,1-3H3. The van der Waals surface area contributed by atoms with Gasteiger partial charge in [0.15, 0.2) is 0 Å². The average Bonchev–Trinajstić information content (AvgIpc) is 2.53. The number of piperazine rings is 1. The average molecular weight is 360 g/mol. The lowest BCUT2D eigenvalue weighted by atomic mass is 9.83. The first-order chi connectivity index (χ1) is 12.4. The highest BCUT2D eigenvalue weighted by Gasteiger charge is 2.37. The van der Waals surface area contributed by atoms with Crippen LogP contribution in [0.4, 0.5) is 0 Å². The van der Waals surface area contributed by atoms with Crippen molar-refractivity contribution < 1.29 is 14.0 Å². The number of amides is 2. The Balaban J connectivity index is 1.89. The Hall–Kier alpha value is -2.11. The Morgan fingerprint density at radius 2 is 2.00 bits per heavy atom. The van der Waals surface area contributed by atoms with Crippen molar-refractivity contribution in [3.05, 3.63) is 33.4 Å². The minimum absolute atomic E-state index is 0.0498. The smallest absolute Gasteiger partial charge is 0.349 e. The summed E-state index contributed by atoms with van der Waals surface area (Å²) in [5.74, 6) is 0.561. The van der Waals surface area contributed by atoms with Crippen LogP contribution in [-0.2, 0) is 4.79 Å². The van der Waals surface area contributed by atoms with Crippen LogP contribution in [-0.4, -0.2) is 47.8 Å². The molecule has 0 radical (unpaired) electrons. The molecule has 26 heavy (non-hydrogen) atoms. The first-order valence-electron chi connectivity index (χ1n) is 9.64. The molecule has 1 aliphatic heterocycles. The summed E-state index contributed by atoms with van der Waals surface area (Å²) in [5.41, 5.74) is 0.151. The molecule has 1 aliphatic carbocycles. The number of rotatable bonds is 5. The molecule has 1 atom stereocenters. The number of carbonyl (C=O) groups excluding carboxylic acids is 2. The summed E-state index contributed by atoms with van der Waals surface area (Å²) < 4.78 is 5.47. The van der Waals surface area contributed by atoms with Crippen LogP contribution >= 0.6 is 0 Å². The van der Waals surface area contributed by atoms with E-state index in [1.165, 1.54) is 0 Å². The topological polar surface area (TPSA) is 70.8 Å².